The molecule has 29 heavy (non-hydrogen) atoms. The van der Waals surface area contributed by atoms with Gasteiger partial charge in [-0.2, -0.15) is 5.10 Å². The van der Waals surface area contributed by atoms with Gasteiger partial charge in [-0.05, 0) is 55.2 Å². The average Bonchev–Trinajstić information content (AvgIpc) is 3.27. The number of hydrogen-bond acceptors (Lipinski definition) is 4. The van der Waals surface area contributed by atoms with E-state index in [4.69, 9.17) is 9.47 Å². The first-order valence-corrected chi connectivity index (χ1v) is 9.99. The molecule has 1 aromatic heterocycles. The molecule has 2 aromatic carbocycles. The molecule has 150 valence electrons. The van der Waals surface area contributed by atoms with Crippen LogP contribution in [0.1, 0.15) is 35.2 Å². The molecule has 0 saturated carbocycles. The number of carbonyl (C=O) groups is 1. The van der Waals surface area contributed by atoms with E-state index in [0.717, 1.165) is 25.0 Å². The lowest BCUT2D eigenvalue weighted by Crippen LogP contribution is -2.26. The molecule has 2 heterocycles. The lowest BCUT2D eigenvalue weighted by Gasteiger charge is -2.23. The van der Waals surface area contributed by atoms with Crippen molar-refractivity contribution in [3.63, 3.8) is 0 Å². The lowest BCUT2D eigenvalue weighted by molar-refractivity contribution is -0.0109. The number of para-hydroxylation sites is 2. The largest absolute Gasteiger partial charge is 0.489 e. The normalized spacial score (nSPS) is 16.3. The van der Waals surface area contributed by atoms with Crippen molar-refractivity contribution in [1.82, 2.24) is 9.78 Å². The molecule has 1 saturated heterocycles. The highest BCUT2D eigenvalue weighted by atomic mass is 16.5. The number of benzene rings is 2. The Hall–Kier alpha value is -3.12. The fourth-order valence-electron chi connectivity index (χ4n) is 3.40. The van der Waals surface area contributed by atoms with E-state index in [1.165, 1.54) is 6.42 Å². The summed E-state index contributed by atoms with van der Waals surface area (Å²) < 4.78 is 13.5. The van der Waals surface area contributed by atoms with Crippen molar-refractivity contribution in [2.24, 2.45) is 0 Å². The van der Waals surface area contributed by atoms with Gasteiger partial charge in [0.2, 0.25) is 0 Å². The third kappa shape index (κ3) is 5.23. The summed E-state index contributed by atoms with van der Waals surface area (Å²) >= 11 is 0. The van der Waals surface area contributed by atoms with E-state index >= 15 is 0 Å². The van der Waals surface area contributed by atoms with Gasteiger partial charge in [-0.15, -0.1) is 0 Å². The molecular formula is C23H25N3O3. The Balaban J connectivity index is 1.41. The molecule has 0 unspecified atom stereocenters. The maximum Gasteiger partial charge on any atom is 0.255 e. The number of nitrogens with zero attached hydrogens (tertiary/aromatic N) is 2. The van der Waals surface area contributed by atoms with Crippen LogP contribution in [-0.2, 0) is 11.3 Å². The van der Waals surface area contributed by atoms with Crippen molar-refractivity contribution in [1.29, 1.82) is 0 Å². The molecule has 0 spiro atoms. The third-order valence-corrected chi connectivity index (χ3v) is 4.93. The molecule has 0 radical (unpaired) electrons. The number of rotatable bonds is 7. The second-order valence-corrected chi connectivity index (χ2v) is 7.15. The van der Waals surface area contributed by atoms with Crippen LogP contribution in [0.5, 0.6) is 5.75 Å². The van der Waals surface area contributed by atoms with Crippen molar-refractivity contribution < 1.29 is 14.3 Å². The van der Waals surface area contributed by atoms with Crippen LogP contribution in [0, 0.1) is 0 Å². The Morgan fingerprint density at radius 3 is 2.93 bits per heavy atom. The molecule has 0 bridgehead atoms. The van der Waals surface area contributed by atoms with Crippen molar-refractivity contribution in [2.75, 3.05) is 18.5 Å². The Labute approximate surface area is 170 Å². The Kier molecular flexibility index (Phi) is 6.22. The van der Waals surface area contributed by atoms with E-state index in [2.05, 4.69) is 10.4 Å². The summed E-state index contributed by atoms with van der Waals surface area (Å²) in [6.45, 7) is 1.91. The number of amides is 1. The van der Waals surface area contributed by atoms with Crippen LogP contribution >= 0.6 is 0 Å². The minimum absolute atomic E-state index is 0.117. The monoisotopic (exact) mass is 391 g/mol. The van der Waals surface area contributed by atoms with E-state index in [1.54, 1.807) is 12.3 Å². The maximum atomic E-state index is 12.8. The number of aromatic nitrogens is 2. The van der Waals surface area contributed by atoms with Gasteiger partial charge in [0.25, 0.3) is 5.91 Å². The van der Waals surface area contributed by atoms with Crippen molar-refractivity contribution in [3.8, 4) is 5.75 Å². The topological polar surface area (TPSA) is 65.4 Å². The molecule has 3 aromatic rings. The van der Waals surface area contributed by atoms with Crippen LogP contribution in [0.25, 0.3) is 0 Å². The molecule has 0 aliphatic carbocycles. The van der Waals surface area contributed by atoms with Crippen LogP contribution in [0.15, 0.2) is 67.0 Å². The fourth-order valence-corrected chi connectivity index (χ4v) is 3.40. The predicted octanol–water partition coefficient (Wildman–Crippen LogP) is 4.13. The Morgan fingerprint density at radius 1 is 1.17 bits per heavy atom. The summed E-state index contributed by atoms with van der Waals surface area (Å²) in [5.74, 6) is 0.486. The van der Waals surface area contributed by atoms with E-state index < -0.39 is 0 Å². The van der Waals surface area contributed by atoms with Crippen LogP contribution in [-0.4, -0.2) is 35.0 Å². The van der Waals surface area contributed by atoms with Gasteiger partial charge in [-0.3, -0.25) is 9.48 Å². The predicted molar refractivity (Wildman–Crippen MR) is 111 cm³/mol. The van der Waals surface area contributed by atoms with Gasteiger partial charge in [-0.25, -0.2) is 0 Å². The summed E-state index contributed by atoms with van der Waals surface area (Å²) in [7, 11) is 0. The molecule has 1 atom stereocenters. The first kappa shape index (κ1) is 19.2. The average molecular weight is 391 g/mol. The number of carbonyl (C=O) groups excluding carboxylic acids is 1. The van der Waals surface area contributed by atoms with E-state index in [0.29, 0.717) is 30.2 Å². The standard InChI is InChI=1S/C23H25N3O3/c27-23(19-8-5-7-18(15-19)16-26-13-6-12-24-26)25-21-10-1-2-11-22(21)29-17-20-9-3-4-14-28-20/h1-2,5-8,10-13,15,20H,3-4,9,14,16-17H2,(H,25,27)/t20-/m1/s1. The Morgan fingerprint density at radius 2 is 2.10 bits per heavy atom. The van der Waals surface area contributed by atoms with Gasteiger partial charge < -0.3 is 14.8 Å². The fraction of sp³-hybridized carbons (Fsp3) is 0.304. The lowest BCUT2D eigenvalue weighted by atomic mass is 10.1. The van der Waals surface area contributed by atoms with E-state index in [-0.39, 0.29) is 12.0 Å². The minimum Gasteiger partial charge on any atom is -0.489 e. The summed E-state index contributed by atoms with van der Waals surface area (Å²) in [5.41, 5.74) is 2.27. The summed E-state index contributed by atoms with van der Waals surface area (Å²) in [6, 6.07) is 16.9. The molecule has 4 rings (SSSR count). The molecule has 6 nitrogen and oxygen atoms in total. The molecule has 1 N–H and O–H groups in total. The third-order valence-electron chi connectivity index (χ3n) is 4.93. The molecule has 1 fully saturated rings. The van der Waals surface area contributed by atoms with Gasteiger partial charge in [0.15, 0.2) is 0 Å². The molecule has 1 aliphatic heterocycles. The van der Waals surface area contributed by atoms with Gasteiger partial charge in [0, 0.05) is 24.6 Å². The van der Waals surface area contributed by atoms with Gasteiger partial charge >= 0.3 is 0 Å². The highest BCUT2D eigenvalue weighted by Gasteiger charge is 2.16. The van der Waals surface area contributed by atoms with E-state index in [9.17, 15) is 4.79 Å². The van der Waals surface area contributed by atoms with Crippen LogP contribution in [0.2, 0.25) is 0 Å². The summed E-state index contributed by atoms with van der Waals surface area (Å²) in [4.78, 5) is 12.8. The SMILES string of the molecule is O=C(Nc1ccccc1OC[C@H]1CCCCO1)c1cccc(Cn2cccn2)c1. The van der Waals surface area contributed by atoms with Gasteiger partial charge in [0.05, 0.1) is 18.3 Å². The number of ether oxygens (including phenoxy) is 2. The molecular weight excluding hydrogens is 366 g/mol. The summed E-state index contributed by atoms with van der Waals surface area (Å²) in [6.07, 6.45) is 7.05. The van der Waals surface area contributed by atoms with Gasteiger partial charge in [0.1, 0.15) is 12.4 Å². The quantitative estimate of drug-likeness (QED) is 0.658. The molecule has 6 heteroatoms. The first-order valence-electron chi connectivity index (χ1n) is 9.99. The summed E-state index contributed by atoms with van der Waals surface area (Å²) in [5, 5.41) is 7.19. The highest BCUT2D eigenvalue weighted by Crippen LogP contribution is 2.25. The minimum atomic E-state index is -0.169. The number of nitrogens with one attached hydrogen (secondary N) is 1. The van der Waals surface area contributed by atoms with Crippen LogP contribution in [0.4, 0.5) is 5.69 Å². The molecule has 1 amide bonds. The second kappa shape index (κ2) is 9.39. The molecule has 1 aliphatic rings. The number of anilines is 1. The maximum absolute atomic E-state index is 12.8. The van der Waals surface area contributed by atoms with Crippen LogP contribution in [0.3, 0.4) is 0 Å². The van der Waals surface area contributed by atoms with Crippen molar-refractivity contribution in [2.45, 2.75) is 31.9 Å². The van der Waals surface area contributed by atoms with E-state index in [1.807, 2.05) is 59.4 Å². The Bertz CT molecular complexity index is 934. The first-order chi connectivity index (χ1) is 14.3. The number of hydrogen-bond donors (Lipinski definition) is 1. The zero-order chi connectivity index (χ0) is 19.9. The van der Waals surface area contributed by atoms with Crippen LogP contribution < -0.4 is 10.1 Å². The smallest absolute Gasteiger partial charge is 0.255 e. The van der Waals surface area contributed by atoms with Gasteiger partial charge in [-0.1, -0.05) is 24.3 Å². The zero-order valence-corrected chi connectivity index (χ0v) is 16.3. The highest BCUT2D eigenvalue weighted by molar-refractivity contribution is 6.05. The van der Waals surface area contributed by atoms with Crippen molar-refractivity contribution in [3.05, 3.63) is 78.1 Å². The zero-order valence-electron chi connectivity index (χ0n) is 16.3. The van der Waals surface area contributed by atoms with Crippen molar-refractivity contribution >= 4 is 11.6 Å². The second-order valence-electron chi connectivity index (χ2n) is 7.15.